The fourth-order valence-corrected chi connectivity index (χ4v) is 4.94. The number of thiophene rings is 1. The van der Waals surface area contributed by atoms with Gasteiger partial charge < -0.3 is 5.73 Å². The topological polar surface area (TPSA) is 29.3 Å². The van der Waals surface area contributed by atoms with Crippen LogP contribution in [0.4, 0.5) is 0 Å². The van der Waals surface area contributed by atoms with Crippen molar-refractivity contribution in [2.24, 2.45) is 11.7 Å². The van der Waals surface area contributed by atoms with Gasteiger partial charge in [-0.15, -0.1) is 11.3 Å². The summed E-state index contributed by atoms with van der Waals surface area (Å²) in [4.78, 5) is 3.89. The molecule has 1 aromatic heterocycles. The molecule has 1 heterocycles. The van der Waals surface area contributed by atoms with Crippen LogP contribution in [-0.4, -0.2) is 24.5 Å². The molecule has 0 radical (unpaired) electrons. The van der Waals surface area contributed by atoms with Crippen LogP contribution in [0.2, 0.25) is 0 Å². The smallest absolute Gasteiger partial charge is 0.0575 e. The first-order valence-corrected chi connectivity index (χ1v) is 8.47. The number of hydrogen-bond acceptors (Lipinski definition) is 3. The molecule has 0 spiro atoms. The third-order valence-corrected chi connectivity index (χ3v) is 6.22. The highest BCUT2D eigenvalue weighted by Gasteiger charge is 2.30. The van der Waals surface area contributed by atoms with Crippen molar-refractivity contribution in [3.63, 3.8) is 0 Å². The first-order chi connectivity index (χ1) is 8.65. The van der Waals surface area contributed by atoms with Crippen molar-refractivity contribution < 1.29 is 0 Å². The minimum Gasteiger partial charge on any atom is -0.329 e. The van der Waals surface area contributed by atoms with Crippen molar-refractivity contribution in [1.82, 2.24) is 4.90 Å². The van der Waals surface area contributed by atoms with Crippen LogP contribution in [0.1, 0.15) is 43.5 Å². The number of hydrogen-bond donors (Lipinski definition) is 1. The van der Waals surface area contributed by atoms with Gasteiger partial charge in [-0.1, -0.05) is 19.8 Å². The van der Waals surface area contributed by atoms with Crippen molar-refractivity contribution in [3.05, 3.63) is 20.8 Å². The number of halogens is 1. The lowest BCUT2D eigenvalue weighted by atomic mass is 9.84. The normalized spacial score (nSPS) is 26.5. The lowest BCUT2D eigenvalue weighted by Gasteiger charge is -2.40. The molecule has 18 heavy (non-hydrogen) atoms. The van der Waals surface area contributed by atoms with Crippen LogP contribution in [0.25, 0.3) is 0 Å². The van der Waals surface area contributed by atoms with E-state index in [1.54, 1.807) is 0 Å². The number of nitrogens with two attached hydrogens (primary N) is 1. The van der Waals surface area contributed by atoms with E-state index >= 15 is 0 Å². The monoisotopic (exact) mass is 330 g/mol. The Balaban J connectivity index is 2.14. The van der Waals surface area contributed by atoms with E-state index in [0.29, 0.717) is 18.6 Å². The van der Waals surface area contributed by atoms with E-state index in [9.17, 15) is 0 Å². The zero-order chi connectivity index (χ0) is 13.1. The van der Waals surface area contributed by atoms with Gasteiger partial charge in [0.15, 0.2) is 0 Å². The average molecular weight is 331 g/mol. The maximum absolute atomic E-state index is 6.03. The summed E-state index contributed by atoms with van der Waals surface area (Å²) < 4.78 is 1.21. The molecular weight excluding hydrogens is 308 g/mol. The van der Waals surface area contributed by atoms with Gasteiger partial charge in [0, 0.05) is 21.9 Å². The van der Waals surface area contributed by atoms with Gasteiger partial charge in [-0.05, 0) is 53.2 Å². The molecule has 1 aromatic rings. The third-order valence-electron chi connectivity index (χ3n) is 4.25. The van der Waals surface area contributed by atoms with E-state index in [-0.39, 0.29) is 0 Å². The highest BCUT2D eigenvalue weighted by molar-refractivity contribution is 9.10. The Labute approximate surface area is 123 Å². The minimum atomic E-state index is 0.352. The van der Waals surface area contributed by atoms with Crippen molar-refractivity contribution >= 4 is 27.3 Å². The van der Waals surface area contributed by atoms with Crippen LogP contribution in [0.3, 0.4) is 0 Å². The number of rotatable bonds is 4. The van der Waals surface area contributed by atoms with Crippen molar-refractivity contribution in [2.75, 3.05) is 13.6 Å². The predicted octanol–water partition coefficient (Wildman–Crippen LogP) is 4.02. The summed E-state index contributed by atoms with van der Waals surface area (Å²) in [7, 11) is 2.25. The van der Waals surface area contributed by atoms with Crippen LogP contribution in [0, 0.1) is 5.92 Å². The highest BCUT2D eigenvalue weighted by Crippen LogP contribution is 2.36. The second kappa shape index (κ2) is 6.51. The summed E-state index contributed by atoms with van der Waals surface area (Å²) in [6.07, 6.45) is 5.43. The maximum Gasteiger partial charge on any atom is 0.0575 e. The molecule has 0 amide bonds. The Morgan fingerprint density at radius 1 is 1.50 bits per heavy atom. The van der Waals surface area contributed by atoms with Gasteiger partial charge in [-0.25, -0.2) is 0 Å². The molecule has 2 rings (SSSR count). The first kappa shape index (κ1) is 14.5. The van der Waals surface area contributed by atoms with Crippen LogP contribution >= 0.6 is 27.3 Å². The summed E-state index contributed by atoms with van der Waals surface area (Å²) in [5, 5.41) is 2.14. The summed E-state index contributed by atoms with van der Waals surface area (Å²) in [6.45, 7) is 3.08. The summed E-state index contributed by atoms with van der Waals surface area (Å²) >= 11 is 5.45. The molecule has 1 aliphatic carbocycles. The molecule has 2 nitrogen and oxygen atoms in total. The van der Waals surface area contributed by atoms with E-state index in [1.807, 2.05) is 11.3 Å². The quantitative estimate of drug-likeness (QED) is 0.903. The second-order valence-corrected chi connectivity index (χ2v) is 7.18. The van der Waals surface area contributed by atoms with Crippen molar-refractivity contribution in [1.29, 1.82) is 0 Å². The van der Waals surface area contributed by atoms with Crippen LogP contribution in [-0.2, 0) is 0 Å². The van der Waals surface area contributed by atoms with Gasteiger partial charge in [0.05, 0.1) is 6.04 Å². The van der Waals surface area contributed by atoms with E-state index in [0.717, 1.165) is 5.92 Å². The Bertz CT molecular complexity index is 380. The SMILES string of the molecule is CC1CCCCC1N(C)C(CN)c1sccc1Br. The van der Waals surface area contributed by atoms with Gasteiger partial charge in [0.1, 0.15) is 0 Å². The van der Waals surface area contributed by atoms with E-state index in [2.05, 4.69) is 46.2 Å². The molecule has 102 valence electrons. The molecule has 1 aliphatic rings. The highest BCUT2D eigenvalue weighted by atomic mass is 79.9. The molecular formula is C14H23BrN2S. The van der Waals surface area contributed by atoms with Gasteiger partial charge >= 0.3 is 0 Å². The van der Waals surface area contributed by atoms with Gasteiger partial charge in [-0.2, -0.15) is 0 Å². The van der Waals surface area contributed by atoms with E-state index in [4.69, 9.17) is 5.73 Å². The van der Waals surface area contributed by atoms with Crippen molar-refractivity contribution in [2.45, 2.75) is 44.7 Å². The molecule has 1 fully saturated rings. The maximum atomic E-state index is 6.03. The summed E-state index contributed by atoms with van der Waals surface area (Å²) in [5.74, 6) is 0.788. The molecule has 3 unspecified atom stereocenters. The van der Waals surface area contributed by atoms with Crippen LogP contribution in [0.15, 0.2) is 15.9 Å². The average Bonchev–Trinajstić information content (AvgIpc) is 2.77. The zero-order valence-corrected chi connectivity index (χ0v) is 13.6. The lowest BCUT2D eigenvalue weighted by Crippen LogP contribution is -2.43. The largest absolute Gasteiger partial charge is 0.329 e. The summed E-state index contributed by atoms with van der Waals surface area (Å²) in [6, 6.07) is 3.16. The molecule has 0 aliphatic heterocycles. The van der Waals surface area contributed by atoms with Crippen molar-refractivity contribution in [3.8, 4) is 0 Å². The predicted molar refractivity (Wildman–Crippen MR) is 83.0 cm³/mol. The first-order valence-electron chi connectivity index (χ1n) is 6.80. The van der Waals surface area contributed by atoms with Gasteiger partial charge in [0.2, 0.25) is 0 Å². The fraction of sp³-hybridized carbons (Fsp3) is 0.714. The molecule has 0 bridgehead atoms. The molecule has 0 saturated heterocycles. The molecule has 4 heteroatoms. The second-order valence-electron chi connectivity index (χ2n) is 5.38. The third kappa shape index (κ3) is 2.98. The van der Waals surface area contributed by atoms with Gasteiger partial charge in [-0.3, -0.25) is 4.90 Å². The number of nitrogens with zero attached hydrogens (tertiary/aromatic N) is 1. The standard InChI is InChI=1S/C14H23BrN2S/c1-10-5-3-4-6-12(10)17(2)13(9-16)14-11(15)7-8-18-14/h7-8,10,12-13H,3-6,9,16H2,1-2H3. The molecule has 2 N–H and O–H groups in total. The Kier molecular flexibility index (Phi) is 5.24. The lowest BCUT2D eigenvalue weighted by molar-refractivity contribution is 0.100. The molecule has 3 atom stereocenters. The molecule has 1 saturated carbocycles. The van der Waals surface area contributed by atoms with E-state index in [1.165, 1.54) is 35.0 Å². The zero-order valence-electron chi connectivity index (χ0n) is 11.2. The Morgan fingerprint density at radius 2 is 2.22 bits per heavy atom. The Hall–Kier alpha value is 0.100. The van der Waals surface area contributed by atoms with Crippen LogP contribution in [0.5, 0.6) is 0 Å². The molecule has 0 aromatic carbocycles. The van der Waals surface area contributed by atoms with E-state index < -0.39 is 0 Å². The van der Waals surface area contributed by atoms with Crippen LogP contribution < -0.4 is 5.73 Å². The fourth-order valence-electron chi connectivity index (χ4n) is 3.13. The number of likely N-dealkylation sites (N-methyl/N-ethyl adjacent to an activating group) is 1. The van der Waals surface area contributed by atoms with Gasteiger partial charge in [0.25, 0.3) is 0 Å². The Morgan fingerprint density at radius 3 is 2.78 bits per heavy atom. The summed E-state index contributed by atoms with van der Waals surface area (Å²) in [5.41, 5.74) is 6.03. The minimum absolute atomic E-state index is 0.352.